The summed E-state index contributed by atoms with van der Waals surface area (Å²) in [6.45, 7) is 2.00. The van der Waals surface area contributed by atoms with Crippen LogP contribution in [0.2, 0.25) is 10.0 Å². The molecule has 0 aliphatic carbocycles. The van der Waals surface area contributed by atoms with Crippen LogP contribution in [-0.4, -0.2) is 12.1 Å². The number of benzene rings is 1. The zero-order chi connectivity index (χ0) is 16.6. The second-order valence-corrected chi connectivity index (χ2v) is 6.89. The molecule has 1 N–H and O–H groups in total. The van der Waals surface area contributed by atoms with Crippen molar-refractivity contribution in [2.75, 3.05) is 12.4 Å². The smallest absolute Gasteiger partial charge is 0.139 e. The number of pyridine rings is 1. The monoisotopic (exact) mass is 363 g/mol. The Labute approximate surface area is 147 Å². The molecule has 0 saturated heterocycles. The molecule has 3 rings (SSSR count). The number of anilines is 2. The van der Waals surface area contributed by atoms with Gasteiger partial charge in [0.2, 0.25) is 0 Å². The minimum absolute atomic E-state index is 0.426. The van der Waals surface area contributed by atoms with Crippen LogP contribution in [0.4, 0.5) is 11.4 Å². The average Bonchev–Trinajstić information content (AvgIpc) is 2.90. The third-order valence-electron chi connectivity index (χ3n) is 3.29. The summed E-state index contributed by atoms with van der Waals surface area (Å²) in [7, 11) is 1.53. The van der Waals surface area contributed by atoms with Crippen LogP contribution in [0.5, 0.6) is 5.75 Å². The highest BCUT2D eigenvalue weighted by molar-refractivity contribution is 7.19. The Morgan fingerprint density at radius 2 is 2.04 bits per heavy atom. The van der Waals surface area contributed by atoms with Crippen molar-refractivity contribution < 1.29 is 4.74 Å². The predicted molar refractivity (Wildman–Crippen MR) is 95.4 cm³/mol. The fourth-order valence-corrected chi connectivity index (χ4v) is 3.70. The zero-order valence-corrected chi connectivity index (χ0v) is 14.6. The average molecular weight is 364 g/mol. The number of fused-ring (bicyclic) bond motifs is 1. The number of thiophene rings is 1. The van der Waals surface area contributed by atoms with Gasteiger partial charge in [-0.05, 0) is 19.1 Å². The molecule has 0 bridgehead atoms. The first-order chi connectivity index (χ1) is 11.0. The normalized spacial score (nSPS) is 10.6. The molecule has 0 aliphatic rings. The van der Waals surface area contributed by atoms with Crippen molar-refractivity contribution in [3.63, 3.8) is 0 Å². The van der Waals surface area contributed by atoms with E-state index in [1.165, 1.54) is 7.11 Å². The van der Waals surface area contributed by atoms with Crippen LogP contribution in [0.3, 0.4) is 0 Å². The molecule has 0 fully saturated rings. The number of hydrogen-bond donors (Lipinski definition) is 1. The molecule has 0 spiro atoms. The number of ether oxygens (including phenoxy) is 1. The molecule has 0 amide bonds. The highest BCUT2D eigenvalue weighted by atomic mass is 35.5. The Kier molecular flexibility index (Phi) is 4.31. The first-order valence-corrected chi connectivity index (χ1v) is 8.20. The summed E-state index contributed by atoms with van der Waals surface area (Å²) in [5.41, 5.74) is 2.58. The molecule has 0 radical (unpaired) electrons. The van der Waals surface area contributed by atoms with Gasteiger partial charge in [0.05, 0.1) is 44.3 Å². The number of rotatable bonds is 3. The van der Waals surface area contributed by atoms with Gasteiger partial charge < -0.3 is 10.1 Å². The second kappa shape index (κ2) is 6.25. The Morgan fingerprint density at radius 3 is 2.74 bits per heavy atom. The van der Waals surface area contributed by atoms with Gasteiger partial charge in [0, 0.05) is 17.1 Å². The van der Waals surface area contributed by atoms with E-state index in [0.29, 0.717) is 32.7 Å². The first-order valence-electron chi connectivity index (χ1n) is 6.62. The molecule has 0 aliphatic heterocycles. The SMILES string of the molecule is COc1cc(Nc2c(C#N)cnc3cc(C)sc23)c(Cl)cc1Cl. The van der Waals surface area contributed by atoms with Crippen LogP contribution >= 0.6 is 34.5 Å². The molecule has 23 heavy (non-hydrogen) atoms. The molecule has 2 aromatic heterocycles. The molecular weight excluding hydrogens is 353 g/mol. The first kappa shape index (κ1) is 15.9. The molecule has 0 atom stereocenters. The van der Waals surface area contributed by atoms with E-state index in [0.717, 1.165) is 15.1 Å². The van der Waals surface area contributed by atoms with Gasteiger partial charge in [0.1, 0.15) is 11.8 Å². The number of nitrogens with one attached hydrogen (secondary N) is 1. The van der Waals surface area contributed by atoms with Gasteiger partial charge in [-0.3, -0.25) is 4.98 Å². The largest absolute Gasteiger partial charge is 0.495 e. The molecule has 3 aromatic rings. The Hall–Kier alpha value is -2.00. The number of methoxy groups -OCH3 is 1. The lowest BCUT2D eigenvalue weighted by Crippen LogP contribution is -1.97. The van der Waals surface area contributed by atoms with Crippen LogP contribution in [0, 0.1) is 18.3 Å². The maximum absolute atomic E-state index is 9.37. The van der Waals surface area contributed by atoms with Crippen molar-refractivity contribution in [2.24, 2.45) is 0 Å². The highest BCUT2D eigenvalue weighted by Gasteiger charge is 2.15. The van der Waals surface area contributed by atoms with Gasteiger partial charge in [-0.15, -0.1) is 11.3 Å². The van der Waals surface area contributed by atoms with Gasteiger partial charge >= 0.3 is 0 Å². The highest BCUT2D eigenvalue weighted by Crippen LogP contribution is 2.39. The lowest BCUT2D eigenvalue weighted by Gasteiger charge is -2.13. The zero-order valence-electron chi connectivity index (χ0n) is 12.3. The Balaban J connectivity index is 2.17. The molecular formula is C16H11Cl2N3OS. The van der Waals surface area contributed by atoms with E-state index < -0.39 is 0 Å². The van der Waals surface area contributed by atoms with Crippen LogP contribution in [-0.2, 0) is 0 Å². The van der Waals surface area contributed by atoms with Crippen molar-refractivity contribution >= 4 is 56.1 Å². The lowest BCUT2D eigenvalue weighted by molar-refractivity contribution is 0.415. The van der Waals surface area contributed by atoms with E-state index >= 15 is 0 Å². The quantitative estimate of drug-likeness (QED) is 0.663. The summed E-state index contributed by atoms with van der Waals surface area (Å²) >= 11 is 13.9. The fraction of sp³-hybridized carbons (Fsp3) is 0.125. The van der Waals surface area contributed by atoms with E-state index in [9.17, 15) is 5.26 Å². The van der Waals surface area contributed by atoms with Gasteiger partial charge in [-0.25, -0.2) is 0 Å². The van der Waals surface area contributed by atoms with Crippen LogP contribution in [0.1, 0.15) is 10.4 Å². The van der Waals surface area contributed by atoms with Gasteiger partial charge in [0.15, 0.2) is 0 Å². The second-order valence-electron chi connectivity index (χ2n) is 4.82. The molecule has 2 heterocycles. The van der Waals surface area contributed by atoms with E-state index in [2.05, 4.69) is 16.4 Å². The van der Waals surface area contributed by atoms with Crippen molar-refractivity contribution in [1.29, 1.82) is 5.26 Å². The van der Waals surface area contributed by atoms with Gasteiger partial charge in [-0.1, -0.05) is 23.2 Å². The molecule has 4 nitrogen and oxygen atoms in total. The summed E-state index contributed by atoms with van der Waals surface area (Å²) in [4.78, 5) is 5.43. The molecule has 7 heteroatoms. The predicted octanol–water partition coefficient (Wildman–Crippen LogP) is 5.54. The van der Waals surface area contributed by atoms with E-state index in [1.54, 1.807) is 29.7 Å². The summed E-state index contributed by atoms with van der Waals surface area (Å²) in [6, 6.07) is 7.45. The van der Waals surface area contributed by atoms with Crippen LogP contribution in [0.25, 0.3) is 10.2 Å². The van der Waals surface area contributed by atoms with Crippen LogP contribution < -0.4 is 10.1 Å². The maximum Gasteiger partial charge on any atom is 0.139 e. The number of nitrogens with zero attached hydrogens (tertiary/aromatic N) is 2. The third kappa shape index (κ3) is 2.93. The van der Waals surface area contributed by atoms with Crippen molar-refractivity contribution in [3.8, 4) is 11.8 Å². The number of aryl methyl sites for hydroxylation is 1. The summed E-state index contributed by atoms with van der Waals surface area (Å²) < 4.78 is 6.13. The molecule has 0 unspecified atom stereocenters. The number of halogens is 2. The standard InChI is InChI=1S/C16H11Cl2N3OS/c1-8-3-13-16(23-8)15(9(6-19)7-20-13)21-12-5-14(22-2)11(18)4-10(12)17/h3-5,7H,1-2H3,(H,20,21). The number of hydrogen-bond acceptors (Lipinski definition) is 5. The van der Waals surface area contributed by atoms with Crippen molar-refractivity contribution in [1.82, 2.24) is 4.98 Å². The number of nitriles is 1. The summed E-state index contributed by atoms with van der Waals surface area (Å²) in [5.74, 6) is 0.504. The summed E-state index contributed by atoms with van der Waals surface area (Å²) in [6.07, 6.45) is 1.55. The number of aromatic nitrogens is 1. The van der Waals surface area contributed by atoms with E-state index in [1.807, 2.05) is 13.0 Å². The summed E-state index contributed by atoms with van der Waals surface area (Å²) in [5, 5.41) is 13.5. The van der Waals surface area contributed by atoms with Gasteiger partial charge in [-0.2, -0.15) is 5.26 Å². The Morgan fingerprint density at radius 1 is 1.26 bits per heavy atom. The Bertz CT molecular complexity index is 947. The fourth-order valence-electron chi connectivity index (χ4n) is 2.22. The van der Waals surface area contributed by atoms with Gasteiger partial charge in [0.25, 0.3) is 0 Å². The topological polar surface area (TPSA) is 57.9 Å². The maximum atomic E-state index is 9.37. The van der Waals surface area contributed by atoms with Crippen molar-refractivity contribution in [2.45, 2.75) is 6.92 Å². The molecule has 1 aromatic carbocycles. The minimum Gasteiger partial charge on any atom is -0.495 e. The minimum atomic E-state index is 0.426. The third-order valence-corrected chi connectivity index (χ3v) is 4.95. The lowest BCUT2D eigenvalue weighted by atomic mass is 10.2. The van der Waals surface area contributed by atoms with Crippen LogP contribution in [0.15, 0.2) is 24.4 Å². The van der Waals surface area contributed by atoms with Crippen molar-refractivity contribution in [3.05, 3.63) is 44.9 Å². The molecule has 116 valence electrons. The van der Waals surface area contributed by atoms with E-state index in [-0.39, 0.29) is 0 Å². The van der Waals surface area contributed by atoms with E-state index in [4.69, 9.17) is 27.9 Å². The molecule has 0 saturated carbocycles.